The van der Waals surface area contributed by atoms with E-state index >= 15 is 0 Å². The number of hydrogen-bond acceptors (Lipinski definition) is 4. The molecule has 0 saturated carbocycles. The summed E-state index contributed by atoms with van der Waals surface area (Å²) in [5.74, 6) is -2.46. The molecule has 8 heteroatoms. The Labute approximate surface area is 115 Å². The molecule has 20 heavy (non-hydrogen) atoms. The van der Waals surface area contributed by atoms with Crippen molar-refractivity contribution in [2.75, 3.05) is 0 Å². The van der Waals surface area contributed by atoms with Crippen LogP contribution in [0.4, 0.5) is 14.5 Å². The van der Waals surface area contributed by atoms with E-state index in [9.17, 15) is 18.9 Å². The lowest BCUT2D eigenvalue weighted by Gasteiger charge is -2.32. The summed E-state index contributed by atoms with van der Waals surface area (Å²) in [5, 5.41) is 11.0. The maximum Gasteiger partial charge on any atom is 0.502 e. The zero-order chi connectivity index (χ0) is 15.3. The molecular formula is C12H14BF2NO4. The van der Waals surface area contributed by atoms with E-state index in [2.05, 4.69) is 0 Å². The van der Waals surface area contributed by atoms with E-state index in [0.717, 1.165) is 6.07 Å². The second-order valence-electron chi connectivity index (χ2n) is 5.67. The Balaban J connectivity index is 2.49. The van der Waals surface area contributed by atoms with Crippen LogP contribution in [0.1, 0.15) is 27.7 Å². The summed E-state index contributed by atoms with van der Waals surface area (Å²) in [7, 11) is -1.12. The highest BCUT2D eigenvalue weighted by Crippen LogP contribution is 2.37. The molecule has 0 aromatic heterocycles. The van der Waals surface area contributed by atoms with Crippen LogP contribution in [0.5, 0.6) is 0 Å². The van der Waals surface area contributed by atoms with Crippen LogP contribution in [-0.2, 0) is 9.31 Å². The van der Waals surface area contributed by atoms with Gasteiger partial charge in [0.1, 0.15) is 0 Å². The summed E-state index contributed by atoms with van der Waals surface area (Å²) in [6.07, 6.45) is 0. The first-order valence-electron chi connectivity index (χ1n) is 6.04. The van der Waals surface area contributed by atoms with Crippen LogP contribution in [0.15, 0.2) is 12.1 Å². The van der Waals surface area contributed by atoms with Crippen molar-refractivity contribution < 1.29 is 23.0 Å². The van der Waals surface area contributed by atoms with Gasteiger partial charge in [-0.25, -0.2) is 8.78 Å². The molecule has 5 nitrogen and oxygen atoms in total. The van der Waals surface area contributed by atoms with Crippen molar-refractivity contribution in [2.45, 2.75) is 38.9 Å². The predicted molar refractivity (Wildman–Crippen MR) is 68.7 cm³/mol. The van der Waals surface area contributed by atoms with Gasteiger partial charge in [-0.3, -0.25) is 10.1 Å². The van der Waals surface area contributed by atoms with Gasteiger partial charge in [-0.2, -0.15) is 0 Å². The fourth-order valence-electron chi connectivity index (χ4n) is 1.87. The summed E-state index contributed by atoms with van der Waals surface area (Å²) in [6.45, 7) is 7.05. The van der Waals surface area contributed by atoms with Crippen LogP contribution < -0.4 is 5.46 Å². The molecular weight excluding hydrogens is 271 g/mol. The zero-order valence-electron chi connectivity index (χ0n) is 11.6. The summed E-state index contributed by atoms with van der Waals surface area (Å²) in [4.78, 5) is 10.2. The molecule has 0 N–H and O–H groups in total. The number of hydrogen-bond donors (Lipinski definition) is 0. The zero-order valence-corrected chi connectivity index (χ0v) is 11.6. The van der Waals surface area contributed by atoms with Gasteiger partial charge in [-0.05, 0) is 33.8 Å². The number of nitrogens with zero attached hydrogens (tertiary/aromatic N) is 1. The van der Waals surface area contributed by atoms with Crippen molar-refractivity contribution in [3.8, 4) is 0 Å². The minimum absolute atomic E-state index is 0.132. The number of benzene rings is 1. The Morgan fingerprint density at radius 2 is 1.55 bits per heavy atom. The lowest BCUT2D eigenvalue weighted by atomic mass is 9.77. The Bertz CT molecular complexity index is 561. The van der Waals surface area contributed by atoms with Crippen LogP contribution in [0.3, 0.4) is 0 Å². The van der Waals surface area contributed by atoms with E-state index in [1.165, 1.54) is 0 Å². The van der Waals surface area contributed by atoms with Gasteiger partial charge in [0.25, 0.3) is 5.69 Å². The summed E-state index contributed by atoms with van der Waals surface area (Å²) in [5.41, 5.74) is -2.15. The molecule has 0 amide bonds. The lowest BCUT2D eigenvalue weighted by molar-refractivity contribution is -0.384. The molecule has 1 aromatic rings. The normalized spacial score (nSPS) is 20.2. The van der Waals surface area contributed by atoms with E-state index in [4.69, 9.17) is 9.31 Å². The third-order valence-electron chi connectivity index (χ3n) is 3.77. The van der Waals surface area contributed by atoms with Crippen LogP contribution in [0.2, 0.25) is 0 Å². The molecule has 1 aromatic carbocycles. The quantitative estimate of drug-likeness (QED) is 0.474. The Kier molecular flexibility index (Phi) is 3.34. The molecule has 1 saturated heterocycles. The summed E-state index contributed by atoms with van der Waals surface area (Å²) >= 11 is 0. The molecule has 108 valence electrons. The van der Waals surface area contributed by atoms with Gasteiger partial charge in [0, 0.05) is 0 Å². The van der Waals surface area contributed by atoms with Gasteiger partial charge in [-0.15, -0.1) is 0 Å². The SMILES string of the molecule is CC1(C)OB(c2cc(F)c(F)cc2[N+](=O)[O-])OC1(C)C. The first-order chi connectivity index (χ1) is 9.05. The second kappa shape index (κ2) is 4.49. The van der Waals surface area contributed by atoms with Crippen molar-refractivity contribution in [3.63, 3.8) is 0 Å². The molecule has 1 aliphatic rings. The number of halogens is 2. The largest absolute Gasteiger partial charge is 0.502 e. The van der Waals surface area contributed by atoms with Gasteiger partial charge in [0.15, 0.2) is 11.6 Å². The highest BCUT2D eigenvalue weighted by Gasteiger charge is 2.53. The smallest absolute Gasteiger partial charge is 0.399 e. The molecule has 0 bridgehead atoms. The highest BCUT2D eigenvalue weighted by atomic mass is 19.2. The van der Waals surface area contributed by atoms with E-state index in [1.54, 1.807) is 27.7 Å². The van der Waals surface area contributed by atoms with Crippen molar-refractivity contribution in [1.82, 2.24) is 0 Å². The fraction of sp³-hybridized carbons (Fsp3) is 0.500. The Morgan fingerprint density at radius 3 is 2.00 bits per heavy atom. The summed E-state index contributed by atoms with van der Waals surface area (Å²) < 4.78 is 37.7. The summed E-state index contributed by atoms with van der Waals surface area (Å²) in [6, 6.07) is 1.28. The van der Waals surface area contributed by atoms with E-state index in [0.29, 0.717) is 6.07 Å². The molecule has 1 aliphatic heterocycles. The predicted octanol–water partition coefficient (Wildman–Crippen LogP) is 2.17. The van der Waals surface area contributed by atoms with E-state index in [-0.39, 0.29) is 5.46 Å². The first kappa shape index (κ1) is 14.9. The molecule has 0 unspecified atom stereocenters. The number of nitro benzene ring substituents is 1. The Morgan fingerprint density at radius 1 is 1.10 bits per heavy atom. The minimum atomic E-state index is -1.28. The van der Waals surface area contributed by atoms with Crippen LogP contribution >= 0.6 is 0 Å². The average molecular weight is 285 g/mol. The standard InChI is InChI=1S/C12H14BF2NO4/c1-11(2)12(3,4)20-13(19-11)7-5-8(14)9(15)6-10(7)16(17)18/h5-6H,1-4H3. The lowest BCUT2D eigenvalue weighted by Crippen LogP contribution is -2.41. The van der Waals surface area contributed by atoms with Crippen molar-refractivity contribution in [2.24, 2.45) is 0 Å². The average Bonchev–Trinajstić information content (AvgIpc) is 2.51. The molecule has 0 aliphatic carbocycles. The molecule has 0 atom stereocenters. The minimum Gasteiger partial charge on any atom is -0.399 e. The molecule has 2 rings (SSSR count). The third-order valence-corrected chi connectivity index (χ3v) is 3.77. The van der Waals surface area contributed by atoms with Crippen LogP contribution in [0.25, 0.3) is 0 Å². The number of nitro groups is 1. The van der Waals surface area contributed by atoms with Crippen molar-refractivity contribution in [1.29, 1.82) is 0 Å². The topological polar surface area (TPSA) is 61.6 Å². The molecule has 0 radical (unpaired) electrons. The van der Waals surface area contributed by atoms with Gasteiger partial charge < -0.3 is 9.31 Å². The third kappa shape index (κ3) is 2.29. The van der Waals surface area contributed by atoms with Crippen LogP contribution in [-0.4, -0.2) is 23.2 Å². The van der Waals surface area contributed by atoms with Gasteiger partial charge in [-0.1, -0.05) is 0 Å². The maximum absolute atomic E-state index is 13.4. The van der Waals surface area contributed by atoms with E-state index < -0.39 is 40.6 Å². The van der Waals surface area contributed by atoms with Crippen molar-refractivity contribution in [3.05, 3.63) is 33.9 Å². The Hall–Kier alpha value is -1.54. The van der Waals surface area contributed by atoms with Crippen molar-refractivity contribution >= 4 is 18.3 Å². The molecule has 1 heterocycles. The molecule has 1 fully saturated rings. The van der Waals surface area contributed by atoms with E-state index in [1.807, 2.05) is 0 Å². The number of rotatable bonds is 2. The van der Waals surface area contributed by atoms with Gasteiger partial charge >= 0.3 is 7.12 Å². The molecule has 0 spiro atoms. The monoisotopic (exact) mass is 285 g/mol. The van der Waals surface area contributed by atoms with Gasteiger partial charge in [0.2, 0.25) is 0 Å². The highest BCUT2D eigenvalue weighted by molar-refractivity contribution is 6.63. The first-order valence-corrected chi connectivity index (χ1v) is 6.04. The fourth-order valence-corrected chi connectivity index (χ4v) is 1.87. The van der Waals surface area contributed by atoms with Gasteiger partial charge in [0.05, 0.1) is 27.7 Å². The second-order valence-corrected chi connectivity index (χ2v) is 5.67. The van der Waals surface area contributed by atoms with Crippen LogP contribution in [0, 0.1) is 21.7 Å². The maximum atomic E-state index is 13.4.